The van der Waals surface area contributed by atoms with Crippen LogP contribution in [0.3, 0.4) is 0 Å². The zero-order chi connectivity index (χ0) is 10.9. The SMILES string of the molecule is O=C(NCCCCCI)C1CCCCO1. The molecule has 0 bridgehead atoms. The summed E-state index contributed by atoms with van der Waals surface area (Å²) in [7, 11) is 0. The fourth-order valence-electron chi connectivity index (χ4n) is 1.67. The molecule has 0 aromatic carbocycles. The van der Waals surface area contributed by atoms with E-state index in [-0.39, 0.29) is 12.0 Å². The van der Waals surface area contributed by atoms with Crippen molar-refractivity contribution in [3.63, 3.8) is 0 Å². The number of amides is 1. The number of ether oxygens (including phenoxy) is 1. The van der Waals surface area contributed by atoms with Gasteiger partial charge < -0.3 is 10.1 Å². The summed E-state index contributed by atoms with van der Waals surface area (Å²) >= 11 is 2.38. The van der Waals surface area contributed by atoms with Crippen LogP contribution >= 0.6 is 22.6 Å². The van der Waals surface area contributed by atoms with Gasteiger partial charge in [-0.15, -0.1) is 0 Å². The van der Waals surface area contributed by atoms with E-state index in [1.54, 1.807) is 0 Å². The monoisotopic (exact) mass is 325 g/mol. The lowest BCUT2D eigenvalue weighted by Gasteiger charge is -2.21. The smallest absolute Gasteiger partial charge is 0.249 e. The zero-order valence-corrected chi connectivity index (χ0v) is 11.3. The first-order valence-corrected chi connectivity index (χ1v) is 7.32. The number of unbranched alkanes of at least 4 members (excludes halogenated alkanes) is 2. The number of carbonyl (C=O) groups is 1. The van der Waals surface area contributed by atoms with Gasteiger partial charge in [0.2, 0.25) is 5.91 Å². The fraction of sp³-hybridized carbons (Fsp3) is 0.909. The Morgan fingerprint density at radius 3 is 2.87 bits per heavy atom. The number of rotatable bonds is 6. The summed E-state index contributed by atoms with van der Waals surface area (Å²) in [4.78, 5) is 11.6. The second kappa shape index (κ2) is 8.33. The van der Waals surface area contributed by atoms with Crippen LogP contribution in [-0.2, 0) is 9.53 Å². The van der Waals surface area contributed by atoms with Gasteiger partial charge in [0.15, 0.2) is 0 Å². The molecule has 0 aromatic rings. The number of hydrogen-bond acceptors (Lipinski definition) is 2. The molecule has 1 amide bonds. The van der Waals surface area contributed by atoms with Crippen LogP contribution in [0.2, 0.25) is 0 Å². The Labute approximate surface area is 105 Å². The van der Waals surface area contributed by atoms with E-state index in [4.69, 9.17) is 4.74 Å². The van der Waals surface area contributed by atoms with Crippen molar-refractivity contribution in [1.29, 1.82) is 0 Å². The lowest BCUT2D eigenvalue weighted by atomic mass is 10.1. The van der Waals surface area contributed by atoms with Crippen molar-refractivity contribution < 1.29 is 9.53 Å². The first kappa shape index (κ1) is 13.2. The molecule has 0 spiro atoms. The van der Waals surface area contributed by atoms with Crippen LogP contribution in [0.5, 0.6) is 0 Å². The van der Waals surface area contributed by atoms with Crippen molar-refractivity contribution >= 4 is 28.5 Å². The molecular formula is C11H20INO2. The van der Waals surface area contributed by atoms with E-state index in [0.717, 1.165) is 38.8 Å². The maximum Gasteiger partial charge on any atom is 0.249 e. The van der Waals surface area contributed by atoms with E-state index >= 15 is 0 Å². The minimum atomic E-state index is -0.177. The highest BCUT2D eigenvalue weighted by Crippen LogP contribution is 2.12. The molecule has 1 atom stereocenters. The molecule has 4 heteroatoms. The molecule has 0 aromatic heterocycles. The van der Waals surface area contributed by atoms with Crippen LogP contribution in [0.15, 0.2) is 0 Å². The first-order valence-electron chi connectivity index (χ1n) is 5.80. The largest absolute Gasteiger partial charge is 0.368 e. The van der Waals surface area contributed by atoms with Gasteiger partial charge in [0, 0.05) is 13.2 Å². The summed E-state index contributed by atoms with van der Waals surface area (Å²) in [6, 6.07) is 0. The predicted octanol–water partition coefficient (Wildman–Crippen LogP) is 2.28. The molecule has 0 radical (unpaired) electrons. The summed E-state index contributed by atoms with van der Waals surface area (Å²) in [5.41, 5.74) is 0. The lowest BCUT2D eigenvalue weighted by Crippen LogP contribution is -2.38. The van der Waals surface area contributed by atoms with Crippen molar-refractivity contribution in [2.45, 2.75) is 44.6 Å². The Hall–Kier alpha value is 0.160. The number of carbonyl (C=O) groups excluding carboxylic acids is 1. The Morgan fingerprint density at radius 1 is 1.33 bits per heavy atom. The highest BCUT2D eigenvalue weighted by molar-refractivity contribution is 14.1. The average molecular weight is 325 g/mol. The number of hydrogen-bond donors (Lipinski definition) is 1. The molecule has 1 aliphatic heterocycles. The minimum absolute atomic E-state index is 0.0872. The van der Waals surface area contributed by atoms with Gasteiger partial charge in [-0.1, -0.05) is 29.0 Å². The maximum atomic E-state index is 11.6. The number of alkyl halides is 1. The van der Waals surface area contributed by atoms with Crippen LogP contribution in [0.4, 0.5) is 0 Å². The van der Waals surface area contributed by atoms with Crippen LogP contribution < -0.4 is 5.32 Å². The van der Waals surface area contributed by atoms with Crippen molar-refractivity contribution in [3.8, 4) is 0 Å². The van der Waals surface area contributed by atoms with Gasteiger partial charge in [0.1, 0.15) is 6.10 Å². The van der Waals surface area contributed by atoms with E-state index < -0.39 is 0 Å². The lowest BCUT2D eigenvalue weighted by molar-refractivity contribution is -0.135. The molecule has 1 saturated heterocycles. The number of halogens is 1. The third kappa shape index (κ3) is 5.70. The molecule has 1 heterocycles. The van der Waals surface area contributed by atoms with Crippen LogP contribution in [0.1, 0.15) is 38.5 Å². The molecule has 1 unspecified atom stereocenters. The third-order valence-corrected chi connectivity index (χ3v) is 3.34. The van der Waals surface area contributed by atoms with Crippen molar-refractivity contribution in [1.82, 2.24) is 5.32 Å². The van der Waals surface area contributed by atoms with Crippen molar-refractivity contribution in [2.75, 3.05) is 17.6 Å². The topological polar surface area (TPSA) is 38.3 Å². The fourth-order valence-corrected chi connectivity index (χ4v) is 2.21. The first-order chi connectivity index (χ1) is 7.34. The molecule has 0 saturated carbocycles. The standard InChI is InChI=1S/C11H20INO2/c12-7-3-1-4-8-13-11(14)10-6-2-5-9-15-10/h10H,1-9H2,(H,13,14). The second-order valence-corrected chi connectivity index (χ2v) is 4.97. The van der Waals surface area contributed by atoms with E-state index in [1.807, 2.05) is 0 Å². The van der Waals surface area contributed by atoms with Crippen LogP contribution in [0.25, 0.3) is 0 Å². The van der Waals surface area contributed by atoms with Crippen LogP contribution in [0, 0.1) is 0 Å². The molecule has 0 aliphatic carbocycles. The molecule has 3 nitrogen and oxygen atoms in total. The zero-order valence-electron chi connectivity index (χ0n) is 9.14. The van der Waals surface area contributed by atoms with Crippen molar-refractivity contribution in [2.24, 2.45) is 0 Å². The average Bonchev–Trinajstić information content (AvgIpc) is 2.30. The predicted molar refractivity (Wildman–Crippen MR) is 69.3 cm³/mol. The van der Waals surface area contributed by atoms with Gasteiger partial charge >= 0.3 is 0 Å². The van der Waals surface area contributed by atoms with Crippen LogP contribution in [-0.4, -0.2) is 29.6 Å². The van der Waals surface area contributed by atoms with E-state index in [9.17, 15) is 4.79 Å². The van der Waals surface area contributed by atoms with Crippen molar-refractivity contribution in [3.05, 3.63) is 0 Å². The van der Waals surface area contributed by atoms with E-state index in [2.05, 4.69) is 27.9 Å². The summed E-state index contributed by atoms with van der Waals surface area (Å²) in [6.45, 7) is 1.54. The molecule has 15 heavy (non-hydrogen) atoms. The molecule has 1 fully saturated rings. The Bertz CT molecular complexity index is 181. The van der Waals surface area contributed by atoms with Gasteiger partial charge in [-0.05, 0) is 36.5 Å². The summed E-state index contributed by atoms with van der Waals surface area (Å²) in [5, 5.41) is 2.94. The normalized spacial score (nSPS) is 21.3. The van der Waals surface area contributed by atoms with E-state index in [1.165, 1.54) is 17.3 Å². The van der Waals surface area contributed by atoms with Gasteiger partial charge in [-0.25, -0.2) is 0 Å². The molecular weight excluding hydrogens is 305 g/mol. The second-order valence-electron chi connectivity index (χ2n) is 3.90. The number of nitrogens with one attached hydrogen (secondary N) is 1. The summed E-state index contributed by atoms with van der Waals surface area (Å²) < 4.78 is 6.61. The molecule has 1 rings (SSSR count). The quantitative estimate of drug-likeness (QED) is 0.462. The summed E-state index contributed by atoms with van der Waals surface area (Å²) in [6.07, 6.45) is 6.46. The van der Waals surface area contributed by atoms with E-state index in [0.29, 0.717) is 0 Å². The van der Waals surface area contributed by atoms with Gasteiger partial charge in [0.05, 0.1) is 0 Å². The highest BCUT2D eigenvalue weighted by Gasteiger charge is 2.20. The summed E-state index contributed by atoms with van der Waals surface area (Å²) in [5.74, 6) is 0.0872. The van der Waals surface area contributed by atoms with Gasteiger partial charge in [-0.2, -0.15) is 0 Å². The minimum Gasteiger partial charge on any atom is -0.368 e. The molecule has 1 aliphatic rings. The maximum absolute atomic E-state index is 11.6. The Kier molecular flexibility index (Phi) is 7.34. The molecule has 1 N–H and O–H groups in total. The molecule has 88 valence electrons. The third-order valence-electron chi connectivity index (χ3n) is 2.58. The highest BCUT2D eigenvalue weighted by atomic mass is 127. The Morgan fingerprint density at radius 2 is 2.20 bits per heavy atom. The van der Waals surface area contributed by atoms with Gasteiger partial charge in [-0.3, -0.25) is 4.79 Å². The Balaban J connectivity index is 2.02. The van der Waals surface area contributed by atoms with Gasteiger partial charge in [0.25, 0.3) is 0 Å².